The Balaban J connectivity index is 0.000000595. The Morgan fingerprint density at radius 3 is 2.83 bits per heavy atom. The fraction of sp³-hybridized carbons (Fsp3) is 0.467. The topological polar surface area (TPSA) is 113 Å². The molecule has 3 heterocycles. The molecular formula is C15H21N5O3. The first-order valence-corrected chi connectivity index (χ1v) is 7.53. The van der Waals surface area contributed by atoms with Gasteiger partial charge in [0.2, 0.25) is 5.91 Å². The van der Waals surface area contributed by atoms with E-state index in [0.717, 1.165) is 42.4 Å². The second-order valence-corrected chi connectivity index (χ2v) is 5.32. The summed E-state index contributed by atoms with van der Waals surface area (Å²) in [6.07, 6.45) is 6.11. The quantitative estimate of drug-likeness (QED) is 0.731. The lowest BCUT2D eigenvalue weighted by Gasteiger charge is -2.12. The smallest absolute Gasteiger partial charge is 0.290 e. The summed E-state index contributed by atoms with van der Waals surface area (Å²) in [5.74, 6) is 1.97. The van der Waals surface area contributed by atoms with Gasteiger partial charge in [-0.15, -0.1) is 0 Å². The van der Waals surface area contributed by atoms with Crippen LogP contribution >= 0.6 is 0 Å². The summed E-state index contributed by atoms with van der Waals surface area (Å²) >= 11 is 0. The lowest BCUT2D eigenvalue weighted by atomic mass is 10.2. The van der Waals surface area contributed by atoms with Crippen LogP contribution in [0, 0.1) is 6.92 Å². The maximum Gasteiger partial charge on any atom is 0.290 e. The SMILES string of the molecule is CCc1nc(-c2nccn2CC2CCC(=O)N2)c(C)[nH]1.O=CO. The number of hydrogen-bond acceptors (Lipinski definition) is 4. The van der Waals surface area contributed by atoms with Crippen LogP contribution in [0.1, 0.15) is 31.3 Å². The highest BCUT2D eigenvalue weighted by Crippen LogP contribution is 2.21. The van der Waals surface area contributed by atoms with Gasteiger partial charge in [-0.2, -0.15) is 0 Å². The number of imidazole rings is 2. The van der Waals surface area contributed by atoms with Crippen LogP contribution in [0.4, 0.5) is 0 Å². The number of aromatic nitrogens is 4. The summed E-state index contributed by atoms with van der Waals surface area (Å²) in [6.45, 7) is 4.58. The monoisotopic (exact) mass is 319 g/mol. The predicted octanol–water partition coefficient (Wildman–Crippen LogP) is 1.12. The number of aryl methyl sites for hydroxylation is 2. The molecule has 8 heteroatoms. The highest BCUT2D eigenvalue weighted by Gasteiger charge is 2.22. The molecule has 0 spiro atoms. The molecule has 1 aliphatic rings. The number of carboxylic acid groups (broad SMARTS) is 1. The van der Waals surface area contributed by atoms with Crippen molar-refractivity contribution in [2.45, 2.75) is 45.7 Å². The minimum atomic E-state index is -0.250. The first kappa shape index (κ1) is 16.7. The van der Waals surface area contributed by atoms with Crippen molar-refractivity contribution in [1.82, 2.24) is 24.8 Å². The van der Waals surface area contributed by atoms with Crippen LogP contribution in [-0.2, 0) is 22.6 Å². The molecule has 0 aliphatic carbocycles. The van der Waals surface area contributed by atoms with E-state index in [2.05, 4.69) is 31.8 Å². The minimum absolute atomic E-state index is 0.140. The molecule has 124 valence electrons. The van der Waals surface area contributed by atoms with Crippen molar-refractivity contribution in [3.8, 4) is 11.5 Å². The Labute approximate surface area is 134 Å². The Morgan fingerprint density at radius 1 is 1.52 bits per heavy atom. The second-order valence-electron chi connectivity index (χ2n) is 5.32. The van der Waals surface area contributed by atoms with Gasteiger partial charge in [0, 0.05) is 43.5 Å². The molecule has 23 heavy (non-hydrogen) atoms. The number of nitrogens with zero attached hydrogens (tertiary/aromatic N) is 3. The number of rotatable bonds is 4. The molecule has 0 bridgehead atoms. The molecule has 0 saturated carbocycles. The normalized spacial score (nSPS) is 16.6. The second kappa shape index (κ2) is 7.57. The van der Waals surface area contributed by atoms with Gasteiger partial charge in [0.05, 0.1) is 0 Å². The summed E-state index contributed by atoms with van der Waals surface area (Å²) in [7, 11) is 0. The summed E-state index contributed by atoms with van der Waals surface area (Å²) in [4.78, 5) is 31.9. The molecule has 3 N–H and O–H groups in total. The third-order valence-electron chi connectivity index (χ3n) is 3.70. The van der Waals surface area contributed by atoms with Crippen molar-refractivity contribution in [3.63, 3.8) is 0 Å². The highest BCUT2D eigenvalue weighted by molar-refractivity contribution is 5.78. The van der Waals surface area contributed by atoms with Crippen molar-refractivity contribution in [3.05, 3.63) is 23.9 Å². The van der Waals surface area contributed by atoms with E-state index in [1.165, 1.54) is 0 Å². The lowest BCUT2D eigenvalue weighted by Crippen LogP contribution is -2.29. The van der Waals surface area contributed by atoms with Crippen LogP contribution in [0.3, 0.4) is 0 Å². The van der Waals surface area contributed by atoms with Crippen molar-refractivity contribution in [2.75, 3.05) is 0 Å². The molecule has 1 unspecified atom stereocenters. The Kier molecular flexibility index (Phi) is 5.51. The number of carbonyl (C=O) groups excluding carboxylic acids is 1. The van der Waals surface area contributed by atoms with Gasteiger partial charge in [0.1, 0.15) is 11.5 Å². The van der Waals surface area contributed by atoms with Crippen molar-refractivity contribution in [1.29, 1.82) is 0 Å². The van der Waals surface area contributed by atoms with Gasteiger partial charge in [-0.3, -0.25) is 9.59 Å². The third kappa shape index (κ3) is 3.97. The van der Waals surface area contributed by atoms with Gasteiger partial charge >= 0.3 is 0 Å². The van der Waals surface area contributed by atoms with Gasteiger partial charge in [0.15, 0.2) is 5.82 Å². The van der Waals surface area contributed by atoms with Gasteiger partial charge in [-0.05, 0) is 13.3 Å². The largest absolute Gasteiger partial charge is 0.483 e. The van der Waals surface area contributed by atoms with Gasteiger partial charge in [-0.25, -0.2) is 9.97 Å². The zero-order valence-electron chi connectivity index (χ0n) is 13.2. The van der Waals surface area contributed by atoms with Crippen LogP contribution in [0.2, 0.25) is 0 Å². The molecule has 8 nitrogen and oxygen atoms in total. The number of amides is 1. The first-order chi connectivity index (χ1) is 11.1. The summed E-state index contributed by atoms with van der Waals surface area (Å²) in [5, 5.41) is 9.87. The number of hydrogen-bond donors (Lipinski definition) is 3. The fourth-order valence-corrected chi connectivity index (χ4v) is 2.63. The van der Waals surface area contributed by atoms with Gasteiger partial charge in [-0.1, -0.05) is 6.92 Å². The summed E-state index contributed by atoms with van der Waals surface area (Å²) in [6, 6.07) is 0.195. The average Bonchev–Trinajstić information content (AvgIpc) is 3.21. The maximum absolute atomic E-state index is 11.3. The van der Waals surface area contributed by atoms with E-state index in [9.17, 15) is 4.79 Å². The zero-order chi connectivity index (χ0) is 16.8. The lowest BCUT2D eigenvalue weighted by molar-refractivity contribution is -0.123. The van der Waals surface area contributed by atoms with E-state index < -0.39 is 0 Å². The van der Waals surface area contributed by atoms with Crippen molar-refractivity contribution >= 4 is 12.4 Å². The van der Waals surface area contributed by atoms with Crippen LogP contribution in [0.5, 0.6) is 0 Å². The maximum atomic E-state index is 11.3. The van der Waals surface area contributed by atoms with E-state index in [1.54, 1.807) is 6.20 Å². The average molecular weight is 319 g/mol. The third-order valence-corrected chi connectivity index (χ3v) is 3.70. The number of nitrogens with one attached hydrogen (secondary N) is 2. The minimum Gasteiger partial charge on any atom is -0.483 e. The van der Waals surface area contributed by atoms with E-state index in [4.69, 9.17) is 9.90 Å². The number of carbonyl (C=O) groups is 2. The van der Waals surface area contributed by atoms with Crippen LogP contribution in [0.25, 0.3) is 11.5 Å². The van der Waals surface area contributed by atoms with E-state index in [0.29, 0.717) is 6.42 Å². The van der Waals surface area contributed by atoms with Crippen LogP contribution in [-0.4, -0.2) is 43.0 Å². The first-order valence-electron chi connectivity index (χ1n) is 7.53. The molecule has 2 aromatic heterocycles. The molecule has 1 amide bonds. The molecule has 1 saturated heterocycles. The molecule has 1 fully saturated rings. The Bertz CT molecular complexity index is 676. The molecule has 0 aromatic carbocycles. The van der Waals surface area contributed by atoms with Crippen molar-refractivity contribution < 1.29 is 14.7 Å². The standard InChI is InChI=1S/C14H19N5O.CH2O2/c1-3-11-16-9(2)13(18-11)14-15-6-7-19(14)8-10-4-5-12(20)17-10;2-1-3/h6-7,10H,3-5,8H2,1-2H3,(H,16,18)(H,17,20);1H,(H,2,3). The number of H-pyrrole nitrogens is 1. The highest BCUT2D eigenvalue weighted by atomic mass is 16.3. The molecule has 1 atom stereocenters. The van der Waals surface area contributed by atoms with E-state index >= 15 is 0 Å². The predicted molar refractivity (Wildman–Crippen MR) is 83.8 cm³/mol. The molecule has 3 rings (SSSR count). The Morgan fingerprint density at radius 2 is 2.26 bits per heavy atom. The molecule has 1 aliphatic heterocycles. The molecule has 0 radical (unpaired) electrons. The zero-order valence-corrected chi connectivity index (χ0v) is 13.2. The van der Waals surface area contributed by atoms with Crippen molar-refractivity contribution in [2.24, 2.45) is 0 Å². The van der Waals surface area contributed by atoms with Gasteiger partial charge in [0.25, 0.3) is 6.47 Å². The number of aromatic amines is 1. The Hall–Kier alpha value is -2.64. The summed E-state index contributed by atoms with van der Waals surface area (Å²) in [5.41, 5.74) is 1.93. The van der Waals surface area contributed by atoms with E-state index in [1.807, 2.05) is 13.1 Å². The molecule has 2 aromatic rings. The fourth-order valence-electron chi connectivity index (χ4n) is 2.63. The van der Waals surface area contributed by atoms with Gasteiger partial charge < -0.3 is 20.0 Å². The van der Waals surface area contributed by atoms with E-state index in [-0.39, 0.29) is 18.4 Å². The van der Waals surface area contributed by atoms with Crippen LogP contribution < -0.4 is 5.32 Å². The molecular weight excluding hydrogens is 298 g/mol. The van der Waals surface area contributed by atoms with Crippen LogP contribution in [0.15, 0.2) is 12.4 Å². The summed E-state index contributed by atoms with van der Waals surface area (Å²) < 4.78 is 2.07.